The van der Waals surface area contributed by atoms with Crippen molar-refractivity contribution in [3.05, 3.63) is 64.3 Å². The minimum Gasteiger partial charge on any atom is -0.392 e. The van der Waals surface area contributed by atoms with E-state index in [1.807, 2.05) is 0 Å². The largest absolute Gasteiger partial charge is 0.392 e. The SMILES string of the molecule is [N-]=[N+]=NCC1CCN(CCNS(=O)(=O)c2ccc(-c3c(F)cccc3CO)cc2)CC1. The van der Waals surface area contributed by atoms with Crippen LogP contribution in [0.4, 0.5) is 4.39 Å². The van der Waals surface area contributed by atoms with Crippen molar-refractivity contribution in [3.8, 4) is 11.1 Å². The molecule has 0 bridgehead atoms. The highest BCUT2D eigenvalue weighted by Gasteiger charge is 2.20. The van der Waals surface area contributed by atoms with Crippen LogP contribution in [0.2, 0.25) is 0 Å². The first-order chi connectivity index (χ1) is 14.9. The van der Waals surface area contributed by atoms with E-state index in [1.165, 1.54) is 24.3 Å². The first-order valence-electron chi connectivity index (χ1n) is 10.2. The summed E-state index contributed by atoms with van der Waals surface area (Å²) >= 11 is 0. The van der Waals surface area contributed by atoms with Gasteiger partial charge in [-0.15, -0.1) is 0 Å². The second-order valence-corrected chi connectivity index (χ2v) is 9.32. The summed E-state index contributed by atoms with van der Waals surface area (Å²) in [5.74, 6) is -0.0772. The number of likely N-dealkylation sites (tertiary alicyclic amines) is 1. The van der Waals surface area contributed by atoms with Crippen molar-refractivity contribution in [1.82, 2.24) is 9.62 Å². The lowest BCUT2D eigenvalue weighted by molar-refractivity contribution is 0.190. The van der Waals surface area contributed by atoms with Crippen LogP contribution in [0.15, 0.2) is 52.5 Å². The van der Waals surface area contributed by atoms with Gasteiger partial charge in [0, 0.05) is 30.1 Å². The van der Waals surface area contributed by atoms with Gasteiger partial charge in [-0.05, 0) is 66.7 Å². The Morgan fingerprint density at radius 2 is 1.90 bits per heavy atom. The van der Waals surface area contributed by atoms with Crippen molar-refractivity contribution in [2.45, 2.75) is 24.3 Å². The molecule has 0 unspecified atom stereocenters. The number of piperidine rings is 1. The van der Waals surface area contributed by atoms with Crippen LogP contribution in [0, 0.1) is 11.7 Å². The van der Waals surface area contributed by atoms with Gasteiger partial charge in [0.15, 0.2) is 0 Å². The molecule has 0 saturated carbocycles. The Morgan fingerprint density at radius 1 is 1.19 bits per heavy atom. The van der Waals surface area contributed by atoms with Crippen molar-refractivity contribution < 1.29 is 17.9 Å². The molecule has 31 heavy (non-hydrogen) atoms. The van der Waals surface area contributed by atoms with E-state index in [0.29, 0.717) is 30.1 Å². The molecule has 10 heteroatoms. The maximum Gasteiger partial charge on any atom is 0.240 e. The number of halogens is 1. The van der Waals surface area contributed by atoms with Gasteiger partial charge < -0.3 is 10.0 Å². The minimum atomic E-state index is -3.68. The summed E-state index contributed by atoms with van der Waals surface area (Å²) in [7, 11) is -3.68. The molecule has 1 heterocycles. The van der Waals surface area contributed by atoms with E-state index in [1.54, 1.807) is 18.2 Å². The van der Waals surface area contributed by atoms with Crippen molar-refractivity contribution in [2.24, 2.45) is 11.0 Å². The maximum absolute atomic E-state index is 14.2. The summed E-state index contributed by atoms with van der Waals surface area (Å²) in [4.78, 5) is 5.08. The fourth-order valence-electron chi connectivity index (χ4n) is 3.79. The highest BCUT2D eigenvalue weighted by Crippen LogP contribution is 2.28. The molecule has 0 aromatic heterocycles. The first kappa shape index (κ1) is 23.2. The average molecular weight is 448 g/mol. The Hall–Kier alpha value is -2.49. The first-order valence-corrected chi connectivity index (χ1v) is 11.6. The number of azide groups is 1. The summed E-state index contributed by atoms with van der Waals surface area (Å²) in [6, 6.07) is 10.4. The smallest absolute Gasteiger partial charge is 0.240 e. The van der Waals surface area contributed by atoms with Crippen LogP contribution in [0.1, 0.15) is 18.4 Å². The Morgan fingerprint density at radius 3 is 2.55 bits per heavy atom. The van der Waals surface area contributed by atoms with Crippen LogP contribution in [0.25, 0.3) is 21.6 Å². The molecule has 0 radical (unpaired) electrons. The number of rotatable bonds is 9. The second kappa shape index (κ2) is 10.7. The normalized spacial score (nSPS) is 15.5. The van der Waals surface area contributed by atoms with Gasteiger partial charge in [0.1, 0.15) is 5.82 Å². The lowest BCUT2D eigenvalue weighted by atomic mass is 9.97. The standard InChI is InChI=1S/C21H26FN5O3S/c22-20-3-1-2-18(15-28)21(20)17-4-6-19(7-5-17)31(29,30)25-10-13-27-11-8-16(9-12-27)14-24-26-23/h1-7,16,25,28H,8-15H2. The third-order valence-corrected chi connectivity index (χ3v) is 7.03. The second-order valence-electron chi connectivity index (χ2n) is 7.55. The summed E-state index contributed by atoms with van der Waals surface area (Å²) in [6.07, 6.45) is 1.86. The number of nitrogens with one attached hydrogen (secondary N) is 1. The minimum absolute atomic E-state index is 0.103. The summed E-state index contributed by atoms with van der Waals surface area (Å²) in [6.45, 7) is 2.78. The van der Waals surface area contributed by atoms with Gasteiger partial charge in [0.25, 0.3) is 0 Å². The molecule has 1 fully saturated rings. The van der Waals surface area contributed by atoms with E-state index in [9.17, 15) is 17.9 Å². The van der Waals surface area contributed by atoms with Gasteiger partial charge in [-0.1, -0.05) is 29.4 Å². The fraction of sp³-hybridized carbons (Fsp3) is 0.429. The number of sulfonamides is 1. The van der Waals surface area contributed by atoms with E-state index < -0.39 is 15.8 Å². The van der Waals surface area contributed by atoms with Gasteiger partial charge in [-0.2, -0.15) is 0 Å². The molecule has 166 valence electrons. The Balaban J connectivity index is 1.56. The molecule has 0 aliphatic carbocycles. The Kier molecular flexibility index (Phi) is 8.00. The van der Waals surface area contributed by atoms with E-state index in [4.69, 9.17) is 5.53 Å². The maximum atomic E-state index is 14.2. The van der Waals surface area contributed by atoms with Crippen molar-refractivity contribution in [1.29, 1.82) is 0 Å². The molecule has 1 aliphatic heterocycles. The van der Waals surface area contributed by atoms with Gasteiger partial charge in [0.2, 0.25) is 10.0 Å². The van der Waals surface area contributed by atoms with E-state index in [0.717, 1.165) is 25.9 Å². The predicted molar refractivity (Wildman–Crippen MR) is 116 cm³/mol. The third-order valence-electron chi connectivity index (χ3n) is 5.55. The molecule has 3 rings (SSSR count). The number of hydrogen-bond donors (Lipinski definition) is 2. The summed E-state index contributed by atoms with van der Waals surface area (Å²) in [5.41, 5.74) is 9.62. The van der Waals surface area contributed by atoms with Gasteiger partial charge >= 0.3 is 0 Å². The molecule has 2 aromatic carbocycles. The highest BCUT2D eigenvalue weighted by molar-refractivity contribution is 7.89. The zero-order valence-corrected chi connectivity index (χ0v) is 17.9. The van der Waals surface area contributed by atoms with Crippen LogP contribution in [0.3, 0.4) is 0 Å². The van der Waals surface area contributed by atoms with Crippen LogP contribution < -0.4 is 4.72 Å². The van der Waals surface area contributed by atoms with Crippen molar-refractivity contribution >= 4 is 10.0 Å². The molecule has 1 saturated heterocycles. The van der Waals surface area contributed by atoms with Crippen LogP contribution in [-0.4, -0.2) is 51.1 Å². The zero-order chi connectivity index (χ0) is 22.3. The number of hydrogen-bond acceptors (Lipinski definition) is 5. The molecule has 2 aromatic rings. The number of benzene rings is 2. The molecule has 0 atom stereocenters. The van der Waals surface area contributed by atoms with Crippen molar-refractivity contribution in [2.75, 3.05) is 32.7 Å². The lowest BCUT2D eigenvalue weighted by Crippen LogP contribution is -2.40. The monoisotopic (exact) mass is 447 g/mol. The Labute approximate surface area is 181 Å². The van der Waals surface area contributed by atoms with Crippen LogP contribution in [0.5, 0.6) is 0 Å². The molecular weight excluding hydrogens is 421 g/mol. The third kappa shape index (κ3) is 6.03. The highest BCUT2D eigenvalue weighted by atomic mass is 32.2. The molecular formula is C21H26FN5O3S. The summed E-state index contributed by atoms with van der Waals surface area (Å²) < 4.78 is 42.0. The van der Waals surface area contributed by atoms with E-state index in [2.05, 4.69) is 19.6 Å². The molecule has 0 spiro atoms. The topological polar surface area (TPSA) is 118 Å². The predicted octanol–water partition coefficient (Wildman–Crippen LogP) is 3.29. The number of nitrogens with zero attached hydrogens (tertiary/aromatic N) is 4. The fourth-order valence-corrected chi connectivity index (χ4v) is 4.81. The van der Waals surface area contributed by atoms with Gasteiger partial charge in [-0.25, -0.2) is 17.5 Å². The van der Waals surface area contributed by atoms with Crippen molar-refractivity contribution in [3.63, 3.8) is 0 Å². The molecule has 1 aliphatic rings. The average Bonchev–Trinajstić information content (AvgIpc) is 2.78. The summed E-state index contributed by atoms with van der Waals surface area (Å²) in [5, 5.41) is 13.1. The van der Waals surface area contributed by atoms with Gasteiger partial charge in [0.05, 0.1) is 11.5 Å². The molecule has 8 nitrogen and oxygen atoms in total. The molecule has 2 N–H and O–H groups in total. The van der Waals surface area contributed by atoms with E-state index in [-0.39, 0.29) is 23.6 Å². The zero-order valence-electron chi connectivity index (χ0n) is 17.1. The van der Waals surface area contributed by atoms with E-state index >= 15 is 0 Å². The Bertz CT molecular complexity index is 1030. The number of aliphatic hydroxyl groups is 1. The quantitative estimate of drug-likeness (QED) is 0.348. The van der Waals surface area contributed by atoms with Gasteiger partial charge in [-0.3, -0.25) is 0 Å². The lowest BCUT2D eigenvalue weighted by Gasteiger charge is -2.31. The molecule has 0 amide bonds. The van der Waals surface area contributed by atoms with Crippen LogP contribution >= 0.6 is 0 Å². The number of aliphatic hydroxyl groups excluding tert-OH is 1. The van der Waals surface area contributed by atoms with Crippen LogP contribution in [-0.2, 0) is 16.6 Å².